The number of unbranched alkanes of at least 4 members (excludes halogenated alkanes) is 2. The quantitative estimate of drug-likeness (QED) is 0.313. The SMILES string of the molecule is CN(C)c1ccc2c(C(N)=O)c3ccc(N(C)C)cc3[n+](CCCCCC(=O)O)c2c1. The van der Waals surface area contributed by atoms with Crippen molar-refractivity contribution in [2.75, 3.05) is 38.0 Å². The van der Waals surface area contributed by atoms with Gasteiger partial charge >= 0.3 is 5.97 Å². The van der Waals surface area contributed by atoms with Gasteiger partial charge in [-0.3, -0.25) is 9.59 Å². The molecule has 0 bridgehead atoms. The lowest BCUT2D eigenvalue weighted by molar-refractivity contribution is -0.645. The minimum absolute atomic E-state index is 0.183. The number of rotatable bonds is 9. The summed E-state index contributed by atoms with van der Waals surface area (Å²) in [6.07, 6.45) is 2.50. The summed E-state index contributed by atoms with van der Waals surface area (Å²) in [7, 11) is 7.93. The molecular formula is C24H31N4O3+. The van der Waals surface area contributed by atoms with E-state index >= 15 is 0 Å². The fourth-order valence-corrected chi connectivity index (χ4v) is 3.97. The summed E-state index contributed by atoms with van der Waals surface area (Å²) < 4.78 is 2.23. The molecule has 0 spiro atoms. The van der Waals surface area contributed by atoms with Crippen molar-refractivity contribution in [3.05, 3.63) is 42.0 Å². The summed E-state index contributed by atoms with van der Waals surface area (Å²) >= 11 is 0. The van der Waals surface area contributed by atoms with Crippen molar-refractivity contribution in [2.45, 2.75) is 32.2 Å². The number of carbonyl (C=O) groups is 2. The molecule has 1 heterocycles. The summed E-state index contributed by atoms with van der Waals surface area (Å²) in [5.41, 5.74) is 10.3. The highest BCUT2D eigenvalue weighted by molar-refractivity contribution is 6.14. The number of nitrogens with zero attached hydrogens (tertiary/aromatic N) is 3. The van der Waals surface area contributed by atoms with Gasteiger partial charge in [-0.2, -0.15) is 4.57 Å². The largest absolute Gasteiger partial charge is 0.481 e. The van der Waals surface area contributed by atoms with Gasteiger partial charge in [-0.25, -0.2) is 0 Å². The van der Waals surface area contributed by atoms with Crippen LogP contribution in [0.15, 0.2) is 36.4 Å². The Morgan fingerprint density at radius 1 is 0.871 bits per heavy atom. The first-order valence-corrected chi connectivity index (χ1v) is 10.5. The average Bonchev–Trinajstić information content (AvgIpc) is 2.71. The van der Waals surface area contributed by atoms with E-state index in [1.165, 1.54) is 0 Å². The minimum Gasteiger partial charge on any atom is -0.481 e. The molecule has 0 unspecified atom stereocenters. The third-order valence-corrected chi connectivity index (χ3v) is 5.63. The van der Waals surface area contributed by atoms with Crippen molar-refractivity contribution in [3.63, 3.8) is 0 Å². The van der Waals surface area contributed by atoms with Crippen molar-refractivity contribution >= 4 is 45.1 Å². The van der Waals surface area contributed by atoms with E-state index in [4.69, 9.17) is 10.8 Å². The summed E-state index contributed by atoms with van der Waals surface area (Å²) in [5, 5.41) is 10.6. The molecular weight excluding hydrogens is 392 g/mol. The van der Waals surface area contributed by atoms with Crippen LogP contribution in [-0.4, -0.2) is 45.2 Å². The number of amides is 1. The van der Waals surface area contributed by atoms with Gasteiger partial charge in [0.1, 0.15) is 6.54 Å². The standard InChI is InChI=1S/C24H30N4O3/c1-26(2)16-9-11-18-20(14-16)28(13-7-5-6-8-22(29)30)21-15-17(27(3)4)10-12-19(21)23(18)24(25)31/h9-12,14-15H,5-8,13H2,1-4H3,(H2-,25,29,30,31)/p+1. The van der Waals surface area contributed by atoms with E-state index in [0.29, 0.717) is 12.0 Å². The Bertz CT molecular complexity index is 1070. The van der Waals surface area contributed by atoms with E-state index in [1.807, 2.05) is 62.3 Å². The van der Waals surface area contributed by atoms with Crippen LogP contribution in [0.2, 0.25) is 0 Å². The Hall–Kier alpha value is -3.35. The molecule has 31 heavy (non-hydrogen) atoms. The number of nitrogens with two attached hydrogens (primary N) is 1. The van der Waals surface area contributed by atoms with Crippen LogP contribution in [0.4, 0.5) is 11.4 Å². The van der Waals surface area contributed by atoms with E-state index in [9.17, 15) is 9.59 Å². The molecule has 0 aliphatic rings. The molecule has 0 fully saturated rings. The molecule has 3 aromatic rings. The molecule has 2 aromatic carbocycles. The van der Waals surface area contributed by atoms with Gasteiger partial charge in [-0.05, 0) is 37.1 Å². The zero-order chi connectivity index (χ0) is 22.7. The van der Waals surface area contributed by atoms with Crippen LogP contribution in [0.25, 0.3) is 21.8 Å². The zero-order valence-corrected chi connectivity index (χ0v) is 18.7. The van der Waals surface area contributed by atoms with E-state index in [1.54, 1.807) is 0 Å². The maximum absolute atomic E-state index is 12.5. The van der Waals surface area contributed by atoms with Crippen LogP contribution in [0.3, 0.4) is 0 Å². The average molecular weight is 424 g/mol. The molecule has 0 atom stereocenters. The van der Waals surface area contributed by atoms with Crippen LogP contribution in [-0.2, 0) is 11.3 Å². The molecule has 7 heteroatoms. The van der Waals surface area contributed by atoms with Gasteiger partial charge in [-0.15, -0.1) is 0 Å². The van der Waals surface area contributed by atoms with Crippen molar-refractivity contribution in [1.82, 2.24) is 0 Å². The Balaban J connectivity index is 2.24. The van der Waals surface area contributed by atoms with Crippen LogP contribution in [0, 0.1) is 0 Å². The second-order valence-corrected chi connectivity index (χ2v) is 8.29. The minimum atomic E-state index is -0.763. The molecule has 0 aliphatic heterocycles. The number of hydrogen-bond donors (Lipinski definition) is 2. The van der Waals surface area contributed by atoms with Gasteiger partial charge in [0.25, 0.3) is 0 Å². The first-order valence-electron chi connectivity index (χ1n) is 10.5. The van der Waals surface area contributed by atoms with Gasteiger partial charge < -0.3 is 20.6 Å². The molecule has 3 rings (SSSR count). The molecule has 3 N–H and O–H groups in total. The van der Waals surface area contributed by atoms with Gasteiger partial charge in [-0.1, -0.05) is 0 Å². The monoisotopic (exact) mass is 423 g/mol. The fraction of sp³-hybridized carbons (Fsp3) is 0.375. The normalized spacial score (nSPS) is 11.1. The van der Waals surface area contributed by atoms with E-state index in [-0.39, 0.29) is 6.42 Å². The lowest BCUT2D eigenvalue weighted by atomic mass is 10.00. The predicted molar refractivity (Wildman–Crippen MR) is 125 cm³/mol. The predicted octanol–water partition coefficient (Wildman–Crippen LogP) is 3.16. The van der Waals surface area contributed by atoms with Gasteiger partial charge in [0.05, 0.1) is 16.3 Å². The summed E-state index contributed by atoms with van der Waals surface area (Å²) in [6.45, 7) is 0.722. The van der Waals surface area contributed by atoms with E-state index in [0.717, 1.165) is 52.6 Å². The second kappa shape index (κ2) is 9.20. The van der Waals surface area contributed by atoms with Crippen LogP contribution in [0.1, 0.15) is 36.0 Å². The van der Waals surface area contributed by atoms with Crippen molar-refractivity contribution < 1.29 is 19.3 Å². The number of fused-ring (bicyclic) bond motifs is 2. The van der Waals surface area contributed by atoms with Crippen molar-refractivity contribution in [1.29, 1.82) is 0 Å². The van der Waals surface area contributed by atoms with Crippen LogP contribution >= 0.6 is 0 Å². The third kappa shape index (κ3) is 4.71. The number of pyridine rings is 1. The molecule has 0 saturated heterocycles. The number of aryl methyl sites for hydroxylation is 1. The number of aromatic nitrogens is 1. The molecule has 0 saturated carbocycles. The first kappa shape index (κ1) is 22.3. The molecule has 0 radical (unpaired) electrons. The Labute approximate surface area is 182 Å². The highest BCUT2D eigenvalue weighted by Gasteiger charge is 2.24. The van der Waals surface area contributed by atoms with Crippen molar-refractivity contribution in [2.24, 2.45) is 5.73 Å². The van der Waals surface area contributed by atoms with Gasteiger partial charge in [0, 0.05) is 64.5 Å². The molecule has 1 aromatic heterocycles. The smallest absolute Gasteiger partial charge is 0.303 e. The highest BCUT2D eigenvalue weighted by atomic mass is 16.4. The van der Waals surface area contributed by atoms with Crippen LogP contribution < -0.4 is 20.1 Å². The number of anilines is 2. The first-order chi connectivity index (χ1) is 14.7. The maximum atomic E-state index is 12.5. The van der Waals surface area contributed by atoms with Gasteiger partial charge in [0.15, 0.2) is 0 Å². The molecule has 7 nitrogen and oxygen atoms in total. The lowest BCUT2D eigenvalue weighted by Crippen LogP contribution is -2.37. The number of carbonyl (C=O) groups excluding carboxylic acids is 1. The summed E-state index contributed by atoms with van der Waals surface area (Å²) in [5.74, 6) is -1.21. The number of hydrogen-bond acceptors (Lipinski definition) is 4. The number of benzene rings is 2. The zero-order valence-electron chi connectivity index (χ0n) is 18.7. The van der Waals surface area contributed by atoms with E-state index < -0.39 is 11.9 Å². The number of carboxylic acids is 1. The Morgan fingerprint density at radius 3 is 1.81 bits per heavy atom. The molecule has 0 aliphatic carbocycles. The van der Waals surface area contributed by atoms with Crippen LogP contribution in [0.5, 0.6) is 0 Å². The third-order valence-electron chi connectivity index (χ3n) is 5.63. The Morgan fingerprint density at radius 2 is 1.39 bits per heavy atom. The summed E-state index contributed by atoms with van der Waals surface area (Å²) in [6, 6.07) is 12.1. The van der Waals surface area contributed by atoms with Gasteiger partial charge in [0.2, 0.25) is 16.9 Å². The number of primary amides is 1. The van der Waals surface area contributed by atoms with E-state index in [2.05, 4.69) is 16.7 Å². The maximum Gasteiger partial charge on any atom is 0.303 e. The second-order valence-electron chi connectivity index (χ2n) is 8.29. The van der Waals surface area contributed by atoms with Crippen molar-refractivity contribution in [3.8, 4) is 0 Å². The summed E-state index contributed by atoms with van der Waals surface area (Å²) in [4.78, 5) is 27.4. The lowest BCUT2D eigenvalue weighted by Gasteiger charge is -2.17. The molecule has 1 amide bonds. The molecule has 164 valence electrons. The highest BCUT2D eigenvalue weighted by Crippen LogP contribution is 2.29. The Kier molecular flexibility index (Phi) is 6.63. The number of aliphatic carboxylic acids is 1. The topological polar surface area (TPSA) is 90.8 Å². The number of carboxylic acid groups (broad SMARTS) is 1. The fourth-order valence-electron chi connectivity index (χ4n) is 3.97.